The molecule has 0 aromatic heterocycles. The number of ether oxygens (including phenoxy) is 3. The lowest BCUT2D eigenvalue weighted by Gasteiger charge is -2.37. The SMILES string of the molecule is CCCCN1C(=O)N[C@@H](c2cccc(NC(=O)c3cc(OC)cc(OC)c3)c2)C(C(=O)OCC)=C1c1ccccc1. The molecule has 2 N–H and O–H groups in total. The molecule has 0 saturated heterocycles. The second-order valence-electron chi connectivity index (χ2n) is 9.42. The summed E-state index contributed by atoms with van der Waals surface area (Å²) in [7, 11) is 3.03. The molecule has 0 unspecified atom stereocenters. The van der Waals surface area contributed by atoms with E-state index >= 15 is 0 Å². The van der Waals surface area contributed by atoms with E-state index in [1.807, 2.05) is 37.3 Å². The van der Waals surface area contributed by atoms with Gasteiger partial charge in [0.25, 0.3) is 5.91 Å². The van der Waals surface area contributed by atoms with Crippen molar-refractivity contribution in [3.05, 3.63) is 95.1 Å². The third-order valence-electron chi connectivity index (χ3n) is 6.70. The van der Waals surface area contributed by atoms with Crippen molar-refractivity contribution in [1.29, 1.82) is 0 Å². The lowest BCUT2D eigenvalue weighted by Crippen LogP contribution is -2.48. The van der Waals surface area contributed by atoms with E-state index in [1.54, 1.807) is 54.3 Å². The minimum atomic E-state index is -0.802. The molecule has 3 amide bonds. The third-order valence-corrected chi connectivity index (χ3v) is 6.70. The van der Waals surface area contributed by atoms with Crippen LogP contribution in [-0.4, -0.2) is 50.2 Å². The van der Waals surface area contributed by atoms with Crippen LogP contribution in [0.25, 0.3) is 5.70 Å². The van der Waals surface area contributed by atoms with Crippen molar-refractivity contribution in [1.82, 2.24) is 10.2 Å². The Bertz CT molecular complexity index is 1410. The molecule has 0 fully saturated rings. The first kappa shape index (κ1) is 29.2. The summed E-state index contributed by atoms with van der Waals surface area (Å²) in [5, 5.41) is 5.90. The Kier molecular flexibility index (Phi) is 9.63. The zero-order valence-corrected chi connectivity index (χ0v) is 23.7. The molecule has 1 atom stereocenters. The Morgan fingerprint density at radius 3 is 2.27 bits per heavy atom. The summed E-state index contributed by atoms with van der Waals surface area (Å²) >= 11 is 0. The molecule has 0 radical (unpaired) electrons. The number of carbonyl (C=O) groups is 3. The molecule has 4 rings (SSSR count). The molecule has 3 aromatic rings. The first-order valence-corrected chi connectivity index (χ1v) is 13.6. The molecule has 1 aliphatic rings. The van der Waals surface area contributed by atoms with Crippen LogP contribution in [0.1, 0.15) is 54.2 Å². The van der Waals surface area contributed by atoms with E-state index in [-0.39, 0.29) is 18.5 Å². The van der Waals surface area contributed by atoms with E-state index in [1.165, 1.54) is 14.2 Å². The number of esters is 1. The molecule has 41 heavy (non-hydrogen) atoms. The topological polar surface area (TPSA) is 106 Å². The number of benzene rings is 3. The van der Waals surface area contributed by atoms with Gasteiger partial charge in [0.1, 0.15) is 11.5 Å². The van der Waals surface area contributed by atoms with E-state index in [9.17, 15) is 14.4 Å². The number of unbranched alkanes of at least 4 members (excludes halogenated alkanes) is 1. The number of hydrogen-bond donors (Lipinski definition) is 2. The van der Waals surface area contributed by atoms with Gasteiger partial charge >= 0.3 is 12.0 Å². The number of nitrogens with one attached hydrogen (secondary N) is 2. The smallest absolute Gasteiger partial charge is 0.338 e. The van der Waals surface area contributed by atoms with Gasteiger partial charge in [-0.25, -0.2) is 9.59 Å². The Morgan fingerprint density at radius 2 is 1.63 bits per heavy atom. The van der Waals surface area contributed by atoms with E-state index < -0.39 is 12.0 Å². The van der Waals surface area contributed by atoms with Crippen molar-refractivity contribution in [2.75, 3.05) is 32.7 Å². The summed E-state index contributed by atoms with van der Waals surface area (Å²) in [6.07, 6.45) is 1.64. The highest BCUT2D eigenvalue weighted by Crippen LogP contribution is 2.37. The fourth-order valence-corrected chi connectivity index (χ4v) is 4.71. The molecule has 3 aromatic carbocycles. The number of methoxy groups -OCH3 is 2. The highest BCUT2D eigenvalue weighted by atomic mass is 16.5. The summed E-state index contributed by atoms with van der Waals surface area (Å²) in [4.78, 5) is 41.8. The van der Waals surface area contributed by atoms with E-state index in [4.69, 9.17) is 14.2 Å². The zero-order chi connectivity index (χ0) is 29.4. The van der Waals surface area contributed by atoms with Crippen LogP contribution in [-0.2, 0) is 9.53 Å². The van der Waals surface area contributed by atoms with Crippen LogP contribution in [0.5, 0.6) is 11.5 Å². The zero-order valence-electron chi connectivity index (χ0n) is 23.7. The number of urea groups is 1. The van der Waals surface area contributed by atoms with E-state index in [0.29, 0.717) is 46.1 Å². The van der Waals surface area contributed by atoms with Crippen LogP contribution in [0.4, 0.5) is 10.5 Å². The van der Waals surface area contributed by atoms with Gasteiger partial charge in [0.2, 0.25) is 0 Å². The maximum absolute atomic E-state index is 13.5. The third kappa shape index (κ3) is 6.69. The van der Waals surface area contributed by atoms with Crippen molar-refractivity contribution in [3.63, 3.8) is 0 Å². The van der Waals surface area contributed by atoms with Crippen molar-refractivity contribution < 1.29 is 28.6 Å². The Morgan fingerprint density at radius 1 is 0.927 bits per heavy atom. The second kappa shape index (κ2) is 13.5. The summed E-state index contributed by atoms with van der Waals surface area (Å²) in [6.45, 7) is 4.42. The van der Waals surface area contributed by atoms with Gasteiger partial charge in [0.05, 0.1) is 38.1 Å². The van der Waals surface area contributed by atoms with Crippen LogP contribution in [0.3, 0.4) is 0 Å². The average Bonchev–Trinajstić information content (AvgIpc) is 3.00. The van der Waals surface area contributed by atoms with Crippen molar-refractivity contribution in [3.8, 4) is 11.5 Å². The quantitative estimate of drug-likeness (QED) is 0.289. The molecule has 9 nitrogen and oxygen atoms in total. The molecule has 0 bridgehead atoms. The fourth-order valence-electron chi connectivity index (χ4n) is 4.71. The molecular weight excluding hydrogens is 522 g/mol. The average molecular weight is 558 g/mol. The molecular formula is C32H35N3O6. The van der Waals surface area contributed by atoms with E-state index in [0.717, 1.165) is 18.4 Å². The number of anilines is 1. The highest BCUT2D eigenvalue weighted by Gasteiger charge is 2.38. The predicted molar refractivity (Wildman–Crippen MR) is 157 cm³/mol. The van der Waals surface area contributed by atoms with Crippen LogP contribution >= 0.6 is 0 Å². The van der Waals surface area contributed by atoms with E-state index in [2.05, 4.69) is 10.6 Å². The number of carbonyl (C=O) groups excluding carboxylic acids is 3. The van der Waals surface area contributed by atoms with Gasteiger partial charge in [-0.2, -0.15) is 0 Å². The highest BCUT2D eigenvalue weighted by molar-refractivity contribution is 6.06. The van der Waals surface area contributed by atoms with Gasteiger partial charge in [-0.1, -0.05) is 55.8 Å². The number of rotatable bonds is 11. The first-order valence-electron chi connectivity index (χ1n) is 13.6. The molecule has 1 aliphatic heterocycles. The van der Waals surface area contributed by atoms with Crippen LogP contribution in [0.2, 0.25) is 0 Å². The second-order valence-corrected chi connectivity index (χ2v) is 9.42. The normalized spacial score (nSPS) is 14.8. The predicted octanol–water partition coefficient (Wildman–Crippen LogP) is 5.80. The number of amides is 3. The summed E-state index contributed by atoms with van der Waals surface area (Å²) in [6, 6.07) is 20.2. The number of hydrogen-bond acceptors (Lipinski definition) is 6. The van der Waals surface area contributed by atoms with Crippen LogP contribution in [0, 0.1) is 0 Å². The molecule has 0 spiro atoms. The van der Waals surface area contributed by atoms with Crippen LogP contribution in [0.15, 0.2) is 78.4 Å². The summed E-state index contributed by atoms with van der Waals surface area (Å²) in [5.74, 6) is 0.0802. The minimum absolute atomic E-state index is 0.181. The minimum Gasteiger partial charge on any atom is -0.497 e. The monoisotopic (exact) mass is 557 g/mol. The standard InChI is InChI=1S/C32H35N3O6/c1-5-7-16-35-29(21-12-9-8-10-13-21)27(31(37)41-6-2)28(34-32(35)38)22-14-11-15-24(17-22)33-30(36)23-18-25(39-3)20-26(19-23)40-4/h8-15,17-20,28H,5-7,16H2,1-4H3,(H,33,36)(H,34,38)/t28-/m0/s1. The Labute approximate surface area is 240 Å². The summed E-state index contributed by atoms with van der Waals surface area (Å²) < 4.78 is 16.1. The fraction of sp³-hybridized carbons (Fsp3) is 0.281. The Balaban J connectivity index is 1.77. The van der Waals surface area contributed by atoms with Crippen molar-refractivity contribution >= 4 is 29.3 Å². The van der Waals surface area contributed by atoms with Gasteiger partial charge < -0.3 is 24.8 Å². The van der Waals surface area contributed by atoms with Gasteiger partial charge in [-0.3, -0.25) is 9.69 Å². The Hall–Kier alpha value is -4.79. The number of nitrogens with zero attached hydrogens (tertiary/aromatic N) is 1. The van der Waals surface area contributed by atoms with Gasteiger partial charge in [-0.05, 0) is 48.7 Å². The molecule has 0 saturated carbocycles. The molecule has 0 aliphatic carbocycles. The molecule has 9 heteroatoms. The maximum atomic E-state index is 13.5. The molecule has 1 heterocycles. The van der Waals surface area contributed by atoms with Crippen molar-refractivity contribution in [2.45, 2.75) is 32.7 Å². The first-order chi connectivity index (χ1) is 19.9. The van der Waals surface area contributed by atoms with Crippen molar-refractivity contribution in [2.24, 2.45) is 0 Å². The largest absolute Gasteiger partial charge is 0.497 e. The van der Waals surface area contributed by atoms with Gasteiger partial charge in [0, 0.05) is 23.9 Å². The summed E-state index contributed by atoms with van der Waals surface area (Å²) in [5.41, 5.74) is 3.04. The van der Waals surface area contributed by atoms with Gasteiger partial charge in [0.15, 0.2) is 0 Å². The lowest BCUT2D eigenvalue weighted by molar-refractivity contribution is -0.138. The van der Waals surface area contributed by atoms with Gasteiger partial charge in [-0.15, -0.1) is 0 Å². The molecule has 214 valence electrons. The maximum Gasteiger partial charge on any atom is 0.338 e. The lowest BCUT2D eigenvalue weighted by atomic mass is 9.91. The van der Waals surface area contributed by atoms with Crippen LogP contribution < -0.4 is 20.1 Å².